The maximum absolute atomic E-state index is 14.1. The summed E-state index contributed by atoms with van der Waals surface area (Å²) in [5, 5.41) is 5.81. The average molecular weight is 522 g/mol. The van der Waals surface area contributed by atoms with E-state index in [2.05, 4.69) is 17.2 Å². The molecule has 0 fully saturated rings. The Morgan fingerprint density at radius 3 is 2.16 bits per heavy atom. The first-order valence-electron chi connectivity index (χ1n) is 13.1. The average Bonchev–Trinajstić information content (AvgIpc) is 2.79. The molecule has 0 heterocycles. The molecule has 0 spiro atoms. The molecular weight excluding hydrogens is 478 g/mol. The van der Waals surface area contributed by atoms with Gasteiger partial charge in [-0.15, -0.1) is 6.58 Å². The Kier molecular flexibility index (Phi) is 10.7. The number of ether oxygens (including phenoxy) is 1. The highest BCUT2D eigenvalue weighted by atomic mass is 16.6. The first-order valence-corrected chi connectivity index (χ1v) is 13.1. The monoisotopic (exact) mass is 521 g/mol. The number of carbonyl (C=O) groups is 3. The number of hydrogen-bond donors (Lipinski definition) is 2. The normalized spacial score (nSPS) is 12.9. The highest BCUT2D eigenvalue weighted by Crippen LogP contribution is 2.28. The first kappa shape index (κ1) is 30.6. The highest BCUT2D eigenvalue weighted by Gasteiger charge is 2.36. The lowest BCUT2D eigenvalue weighted by Crippen LogP contribution is -2.52. The van der Waals surface area contributed by atoms with Crippen LogP contribution in [0.3, 0.4) is 0 Å². The molecule has 0 radical (unpaired) electrons. The Morgan fingerprint density at radius 2 is 1.63 bits per heavy atom. The van der Waals surface area contributed by atoms with Crippen molar-refractivity contribution in [1.82, 2.24) is 10.2 Å². The molecule has 0 aliphatic heterocycles. The number of nitrogens with zero attached hydrogens (tertiary/aromatic N) is 1. The minimum absolute atomic E-state index is 0.102. The van der Waals surface area contributed by atoms with Gasteiger partial charge < -0.3 is 20.3 Å². The Balaban J connectivity index is 2.55. The van der Waals surface area contributed by atoms with E-state index in [9.17, 15) is 14.4 Å². The fourth-order valence-corrected chi connectivity index (χ4v) is 4.32. The number of carbonyl (C=O) groups excluding carboxylic acids is 3. The molecule has 2 aromatic rings. The van der Waals surface area contributed by atoms with Crippen LogP contribution in [0, 0.1) is 26.7 Å². The summed E-state index contributed by atoms with van der Waals surface area (Å²) in [7, 11) is 0. The van der Waals surface area contributed by atoms with Crippen LogP contribution in [-0.4, -0.2) is 41.0 Å². The second-order valence-corrected chi connectivity index (χ2v) is 11.2. The van der Waals surface area contributed by atoms with Crippen molar-refractivity contribution in [3.63, 3.8) is 0 Å². The Labute approximate surface area is 227 Å². The number of rotatable bonds is 10. The van der Waals surface area contributed by atoms with Gasteiger partial charge in [-0.3, -0.25) is 9.59 Å². The van der Waals surface area contributed by atoms with Crippen molar-refractivity contribution in [2.24, 2.45) is 5.92 Å². The third-order valence-corrected chi connectivity index (χ3v) is 5.95. The van der Waals surface area contributed by atoms with Gasteiger partial charge in [0.05, 0.1) is 0 Å². The standard InChI is InChI=1S/C31H43N3O4/c1-10-17-34(29(36)25(18-20(2)3)32-30(37)38-31(7,8)9)27(24-16-11-13-21(4)19-24)28(35)33-26-22(5)14-12-15-23(26)6/h10-16,19-20,25,27H,1,17-18H2,2-9H3,(H,32,37)(H,33,35). The van der Waals surface area contributed by atoms with E-state index in [4.69, 9.17) is 4.74 Å². The predicted octanol–water partition coefficient (Wildman–Crippen LogP) is 6.25. The molecule has 2 aromatic carbocycles. The van der Waals surface area contributed by atoms with Gasteiger partial charge >= 0.3 is 6.09 Å². The van der Waals surface area contributed by atoms with E-state index in [1.54, 1.807) is 26.8 Å². The Bertz CT molecular complexity index is 1130. The fraction of sp³-hybridized carbons (Fsp3) is 0.452. The molecule has 2 unspecified atom stereocenters. The zero-order valence-corrected chi connectivity index (χ0v) is 24.1. The minimum Gasteiger partial charge on any atom is -0.444 e. The lowest BCUT2D eigenvalue weighted by molar-refractivity contribution is -0.140. The van der Waals surface area contributed by atoms with Crippen molar-refractivity contribution < 1.29 is 19.1 Å². The molecule has 0 aromatic heterocycles. The van der Waals surface area contributed by atoms with Gasteiger partial charge in [0.1, 0.15) is 17.7 Å². The van der Waals surface area contributed by atoms with E-state index >= 15 is 0 Å². The number of benzene rings is 2. The van der Waals surface area contributed by atoms with Crippen LogP contribution in [0.15, 0.2) is 55.1 Å². The topological polar surface area (TPSA) is 87.7 Å². The predicted molar refractivity (Wildman–Crippen MR) is 153 cm³/mol. The van der Waals surface area contributed by atoms with Gasteiger partial charge in [-0.05, 0) is 70.6 Å². The van der Waals surface area contributed by atoms with Crippen molar-refractivity contribution >= 4 is 23.6 Å². The molecule has 7 nitrogen and oxygen atoms in total. The Hall–Kier alpha value is -3.61. The molecule has 2 N–H and O–H groups in total. The van der Waals surface area contributed by atoms with Crippen LogP contribution in [0.25, 0.3) is 0 Å². The second-order valence-electron chi connectivity index (χ2n) is 11.2. The number of hydrogen-bond acceptors (Lipinski definition) is 4. The van der Waals surface area contributed by atoms with Crippen LogP contribution in [0.5, 0.6) is 0 Å². The summed E-state index contributed by atoms with van der Waals surface area (Å²) in [5.74, 6) is -0.623. The van der Waals surface area contributed by atoms with Crippen LogP contribution < -0.4 is 10.6 Å². The second kappa shape index (κ2) is 13.3. The van der Waals surface area contributed by atoms with E-state index in [1.807, 2.05) is 77.1 Å². The molecule has 0 saturated heterocycles. The smallest absolute Gasteiger partial charge is 0.408 e. The number of nitrogens with one attached hydrogen (secondary N) is 2. The van der Waals surface area contributed by atoms with Crippen molar-refractivity contribution in [3.05, 3.63) is 77.4 Å². The van der Waals surface area contributed by atoms with Crippen LogP contribution in [0.2, 0.25) is 0 Å². The van der Waals surface area contributed by atoms with Gasteiger partial charge in [-0.25, -0.2) is 4.79 Å². The van der Waals surface area contributed by atoms with Crippen LogP contribution in [-0.2, 0) is 14.3 Å². The van der Waals surface area contributed by atoms with Crippen LogP contribution in [0.4, 0.5) is 10.5 Å². The number of para-hydroxylation sites is 1. The van der Waals surface area contributed by atoms with Gasteiger partial charge in [0, 0.05) is 12.2 Å². The van der Waals surface area contributed by atoms with Gasteiger partial charge in [0.15, 0.2) is 0 Å². The van der Waals surface area contributed by atoms with E-state index in [1.165, 1.54) is 4.90 Å². The molecule has 2 atom stereocenters. The summed E-state index contributed by atoms with van der Waals surface area (Å²) < 4.78 is 5.43. The third-order valence-electron chi connectivity index (χ3n) is 5.95. The van der Waals surface area contributed by atoms with Gasteiger partial charge in [0.25, 0.3) is 5.91 Å². The molecule has 206 valence electrons. The van der Waals surface area contributed by atoms with Gasteiger partial charge in [0.2, 0.25) is 5.91 Å². The Morgan fingerprint density at radius 1 is 1.03 bits per heavy atom. The lowest BCUT2D eigenvalue weighted by atomic mass is 9.98. The molecular formula is C31H43N3O4. The minimum atomic E-state index is -0.950. The number of aryl methyl sites for hydroxylation is 3. The molecule has 0 saturated carbocycles. The largest absolute Gasteiger partial charge is 0.444 e. The number of alkyl carbamates (subject to hydrolysis) is 1. The van der Waals surface area contributed by atoms with Gasteiger partial charge in [-0.1, -0.05) is 68.0 Å². The number of anilines is 1. The van der Waals surface area contributed by atoms with E-state index < -0.39 is 23.8 Å². The summed E-state index contributed by atoms with van der Waals surface area (Å²) in [5.41, 5.74) is 3.48. The first-order chi connectivity index (χ1) is 17.7. The maximum Gasteiger partial charge on any atom is 0.408 e. The maximum atomic E-state index is 14.1. The summed E-state index contributed by atoms with van der Waals surface area (Å²) in [6.07, 6.45) is 1.29. The summed E-state index contributed by atoms with van der Waals surface area (Å²) in [6.45, 7) is 19.0. The van der Waals surface area contributed by atoms with E-state index in [0.29, 0.717) is 17.7 Å². The molecule has 7 heteroatoms. The molecule has 0 bridgehead atoms. The fourth-order valence-electron chi connectivity index (χ4n) is 4.32. The van der Waals surface area contributed by atoms with Gasteiger partial charge in [-0.2, -0.15) is 0 Å². The van der Waals surface area contributed by atoms with Crippen molar-refractivity contribution in [1.29, 1.82) is 0 Å². The van der Waals surface area contributed by atoms with Crippen molar-refractivity contribution in [3.8, 4) is 0 Å². The van der Waals surface area contributed by atoms with Crippen molar-refractivity contribution in [2.75, 3.05) is 11.9 Å². The zero-order chi connectivity index (χ0) is 28.6. The molecule has 0 aliphatic carbocycles. The SMILES string of the molecule is C=CCN(C(=O)C(CC(C)C)NC(=O)OC(C)(C)C)C(C(=O)Nc1c(C)cccc1C)c1cccc(C)c1. The zero-order valence-electron chi connectivity index (χ0n) is 24.1. The lowest BCUT2D eigenvalue weighted by Gasteiger charge is -2.34. The summed E-state index contributed by atoms with van der Waals surface area (Å²) in [4.78, 5) is 42.2. The molecule has 3 amide bonds. The molecule has 2 rings (SSSR count). The molecule has 38 heavy (non-hydrogen) atoms. The van der Waals surface area contributed by atoms with E-state index in [-0.39, 0.29) is 24.3 Å². The van der Waals surface area contributed by atoms with Crippen LogP contribution in [0.1, 0.15) is 69.3 Å². The van der Waals surface area contributed by atoms with E-state index in [0.717, 1.165) is 16.7 Å². The quantitative estimate of drug-likeness (QED) is 0.362. The molecule has 0 aliphatic rings. The highest BCUT2D eigenvalue weighted by molar-refractivity contribution is 6.00. The number of amides is 3. The third kappa shape index (κ3) is 8.75. The van der Waals surface area contributed by atoms with Crippen LogP contribution >= 0.6 is 0 Å². The van der Waals surface area contributed by atoms with Crippen molar-refractivity contribution in [2.45, 2.75) is 79.5 Å². The summed E-state index contributed by atoms with van der Waals surface area (Å²) >= 11 is 0. The summed E-state index contributed by atoms with van der Waals surface area (Å²) in [6, 6.07) is 11.5.